The van der Waals surface area contributed by atoms with Gasteiger partial charge in [-0.15, -0.1) is 0 Å². The van der Waals surface area contributed by atoms with Crippen molar-refractivity contribution in [1.82, 2.24) is 0 Å². The minimum absolute atomic E-state index is 0.0779. The molecule has 0 spiro atoms. The SMILES string of the molecule is O=C(C=Cc1ccc(O)cc1)OC1[C@@H](O)CC(O)(C(=O)O)C[C@@H]1O. The maximum Gasteiger partial charge on any atom is 0.335 e. The van der Waals surface area contributed by atoms with Crippen LogP contribution in [0.15, 0.2) is 30.3 Å². The van der Waals surface area contributed by atoms with Crippen LogP contribution in [0.2, 0.25) is 0 Å². The number of benzene rings is 1. The molecule has 0 unspecified atom stereocenters. The average Bonchev–Trinajstić information content (AvgIpc) is 2.50. The van der Waals surface area contributed by atoms with E-state index in [1.54, 1.807) is 12.1 Å². The van der Waals surface area contributed by atoms with E-state index in [0.29, 0.717) is 5.56 Å². The summed E-state index contributed by atoms with van der Waals surface area (Å²) in [5.41, 5.74) is -1.64. The second-order valence-electron chi connectivity index (χ2n) is 5.71. The molecule has 24 heavy (non-hydrogen) atoms. The number of aromatic hydroxyl groups is 1. The summed E-state index contributed by atoms with van der Waals surface area (Å²) in [6.07, 6.45) is -2.98. The Hall–Kier alpha value is -2.42. The molecule has 1 fully saturated rings. The lowest BCUT2D eigenvalue weighted by molar-refractivity contribution is -0.196. The molecule has 2 atom stereocenters. The van der Waals surface area contributed by atoms with E-state index in [1.165, 1.54) is 18.2 Å². The van der Waals surface area contributed by atoms with E-state index in [1.807, 2.05) is 0 Å². The van der Waals surface area contributed by atoms with Crippen molar-refractivity contribution in [2.75, 3.05) is 0 Å². The van der Waals surface area contributed by atoms with E-state index >= 15 is 0 Å². The standard InChI is InChI=1S/C16H18O8/c17-10-4-1-9(2-5-10)3-6-13(20)24-14-11(18)7-16(23,15(21)22)8-12(14)19/h1-6,11-12,14,17-19,23H,7-8H2,(H,21,22)/t11-,12-,14?,16?/m0/s1. The number of phenolic OH excluding ortho intramolecular Hbond substituents is 1. The number of phenols is 1. The molecule has 1 saturated carbocycles. The van der Waals surface area contributed by atoms with Crippen LogP contribution in [0.4, 0.5) is 0 Å². The van der Waals surface area contributed by atoms with Crippen LogP contribution in [0.25, 0.3) is 6.08 Å². The Labute approximate surface area is 137 Å². The van der Waals surface area contributed by atoms with Crippen LogP contribution >= 0.6 is 0 Å². The first-order chi connectivity index (χ1) is 11.2. The van der Waals surface area contributed by atoms with Crippen LogP contribution in [0, 0.1) is 0 Å². The molecule has 130 valence electrons. The summed E-state index contributed by atoms with van der Waals surface area (Å²) in [7, 11) is 0. The summed E-state index contributed by atoms with van der Waals surface area (Å²) in [4.78, 5) is 22.7. The van der Waals surface area contributed by atoms with E-state index in [-0.39, 0.29) is 5.75 Å². The highest BCUT2D eigenvalue weighted by molar-refractivity contribution is 5.87. The summed E-state index contributed by atoms with van der Waals surface area (Å²) in [5, 5.41) is 47.7. The van der Waals surface area contributed by atoms with Gasteiger partial charge >= 0.3 is 11.9 Å². The number of aliphatic hydroxyl groups is 3. The lowest BCUT2D eigenvalue weighted by Crippen LogP contribution is -2.57. The van der Waals surface area contributed by atoms with E-state index in [4.69, 9.17) is 14.9 Å². The summed E-state index contributed by atoms with van der Waals surface area (Å²) >= 11 is 0. The van der Waals surface area contributed by atoms with Crippen LogP contribution in [0.5, 0.6) is 5.75 Å². The molecule has 0 aliphatic heterocycles. The highest BCUT2D eigenvalue weighted by Gasteiger charge is 2.50. The second kappa shape index (κ2) is 7.00. The molecule has 1 aromatic carbocycles. The van der Waals surface area contributed by atoms with E-state index in [2.05, 4.69) is 0 Å². The number of carbonyl (C=O) groups excluding carboxylic acids is 1. The second-order valence-corrected chi connectivity index (χ2v) is 5.71. The van der Waals surface area contributed by atoms with Crippen LogP contribution in [0.3, 0.4) is 0 Å². The first-order valence-electron chi connectivity index (χ1n) is 7.21. The number of aliphatic carboxylic acids is 1. The maximum atomic E-state index is 11.8. The summed E-state index contributed by atoms with van der Waals surface area (Å²) < 4.78 is 4.96. The molecule has 0 aromatic heterocycles. The van der Waals surface area contributed by atoms with Gasteiger partial charge in [0.2, 0.25) is 0 Å². The lowest BCUT2D eigenvalue weighted by Gasteiger charge is -2.39. The van der Waals surface area contributed by atoms with Crippen molar-refractivity contribution in [3.8, 4) is 5.75 Å². The Balaban J connectivity index is 1.98. The largest absolute Gasteiger partial charge is 0.508 e. The molecular weight excluding hydrogens is 320 g/mol. The molecule has 0 bridgehead atoms. The molecule has 1 aliphatic rings. The fourth-order valence-electron chi connectivity index (χ4n) is 2.52. The summed E-state index contributed by atoms with van der Waals surface area (Å²) in [6.45, 7) is 0. The zero-order valence-corrected chi connectivity index (χ0v) is 12.6. The quantitative estimate of drug-likeness (QED) is 0.370. The predicted octanol–water partition coefficient (Wildman–Crippen LogP) is -0.352. The van der Waals surface area contributed by atoms with Gasteiger partial charge in [-0.2, -0.15) is 0 Å². The maximum absolute atomic E-state index is 11.8. The zero-order chi connectivity index (χ0) is 17.9. The van der Waals surface area contributed by atoms with Crippen molar-refractivity contribution in [1.29, 1.82) is 0 Å². The van der Waals surface area contributed by atoms with Gasteiger partial charge in [0.05, 0.1) is 12.2 Å². The van der Waals surface area contributed by atoms with Gasteiger partial charge in [0.25, 0.3) is 0 Å². The number of carboxylic acids is 1. The molecular formula is C16H18O8. The highest BCUT2D eigenvalue weighted by Crippen LogP contribution is 2.31. The van der Waals surface area contributed by atoms with Crippen LogP contribution in [-0.2, 0) is 14.3 Å². The molecule has 1 aromatic rings. The smallest absolute Gasteiger partial charge is 0.335 e. The first-order valence-corrected chi connectivity index (χ1v) is 7.21. The topological polar surface area (TPSA) is 145 Å². The Bertz CT molecular complexity index is 624. The molecule has 8 nitrogen and oxygen atoms in total. The van der Waals surface area contributed by atoms with E-state index in [0.717, 1.165) is 6.08 Å². The number of hydrogen-bond acceptors (Lipinski definition) is 7. The average molecular weight is 338 g/mol. The third kappa shape index (κ3) is 4.10. The Morgan fingerprint density at radius 3 is 2.17 bits per heavy atom. The Morgan fingerprint density at radius 2 is 1.67 bits per heavy atom. The fraction of sp³-hybridized carbons (Fsp3) is 0.375. The molecule has 0 radical (unpaired) electrons. The Kier molecular flexibility index (Phi) is 5.23. The third-order valence-corrected chi connectivity index (χ3v) is 3.81. The molecule has 8 heteroatoms. The molecule has 0 heterocycles. The van der Waals surface area contributed by atoms with Gasteiger partial charge in [0.1, 0.15) is 5.75 Å². The van der Waals surface area contributed by atoms with Gasteiger partial charge in [-0.25, -0.2) is 9.59 Å². The first kappa shape index (κ1) is 17.9. The molecule has 5 N–H and O–H groups in total. The number of hydrogen-bond donors (Lipinski definition) is 5. The van der Waals surface area contributed by atoms with Gasteiger partial charge in [-0.1, -0.05) is 12.1 Å². The van der Waals surface area contributed by atoms with Crippen molar-refractivity contribution in [3.63, 3.8) is 0 Å². The van der Waals surface area contributed by atoms with Gasteiger partial charge < -0.3 is 30.3 Å². The summed E-state index contributed by atoms with van der Waals surface area (Å²) in [5.74, 6) is -2.32. The zero-order valence-electron chi connectivity index (χ0n) is 12.6. The number of ether oxygens (including phenoxy) is 1. The molecule has 2 rings (SSSR count). The van der Waals surface area contributed by atoms with Crippen molar-refractivity contribution in [3.05, 3.63) is 35.9 Å². The van der Waals surface area contributed by atoms with Crippen molar-refractivity contribution < 1.29 is 39.9 Å². The molecule has 0 saturated heterocycles. The van der Waals surface area contributed by atoms with Crippen molar-refractivity contribution in [2.24, 2.45) is 0 Å². The number of carbonyl (C=O) groups is 2. The number of carboxylic acid groups (broad SMARTS) is 1. The van der Waals surface area contributed by atoms with Crippen LogP contribution in [-0.4, -0.2) is 61.4 Å². The van der Waals surface area contributed by atoms with E-state index in [9.17, 15) is 24.9 Å². The molecule has 1 aliphatic carbocycles. The van der Waals surface area contributed by atoms with Crippen molar-refractivity contribution in [2.45, 2.75) is 36.8 Å². The van der Waals surface area contributed by atoms with Gasteiger partial charge in [0, 0.05) is 18.9 Å². The normalized spacial score (nSPS) is 30.2. The number of aliphatic hydroxyl groups excluding tert-OH is 2. The summed E-state index contributed by atoms with van der Waals surface area (Å²) in [6, 6.07) is 6.01. The van der Waals surface area contributed by atoms with Crippen LogP contribution in [0.1, 0.15) is 18.4 Å². The van der Waals surface area contributed by atoms with Gasteiger partial charge in [-0.05, 0) is 23.8 Å². The lowest BCUT2D eigenvalue weighted by atomic mass is 9.79. The van der Waals surface area contributed by atoms with Gasteiger partial charge in [-0.3, -0.25) is 0 Å². The Morgan fingerprint density at radius 1 is 1.12 bits per heavy atom. The minimum Gasteiger partial charge on any atom is -0.508 e. The van der Waals surface area contributed by atoms with E-state index < -0.39 is 48.7 Å². The highest BCUT2D eigenvalue weighted by atomic mass is 16.6. The number of esters is 1. The third-order valence-electron chi connectivity index (χ3n) is 3.81. The fourth-order valence-corrected chi connectivity index (χ4v) is 2.52. The van der Waals surface area contributed by atoms with Crippen LogP contribution < -0.4 is 0 Å². The monoisotopic (exact) mass is 338 g/mol. The minimum atomic E-state index is -2.26. The number of rotatable bonds is 4. The molecule has 0 amide bonds. The predicted molar refractivity (Wildman–Crippen MR) is 80.9 cm³/mol. The van der Waals surface area contributed by atoms with Gasteiger partial charge in [0.15, 0.2) is 11.7 Å². The van der Waals surface area contributed by atoms with Crippen molar-refractivity contribution >= 4 is 18.0 Å².